The lowest BCUT2D eigenvalue weighted by atomic mass is 9.85. The molecule has 8 nitrogen and oxygen atoms in total. The Balaban J connectivity index is 1.35. The first kappa shape index (κ1) is 30.0. The molecule has 228 valence electrons. The van der Waals surface area contributed by atoms with Crippen molar-refractivity contribution in [1.82, 2.24) is 4.90 Å². The number of thioether (sulfide) groups is 1. The molecular formula is C36H32N2O6S. The van der Waals surface area contributed by atoms with Crippen molar-refractivity contribution >= 4 is 29.4 Å². The molecule has 2 heterocycles. The van der Waals surface area contributed by atoms with Crippen LogP contribution in [-0.2, 0) is 32.0 Å². The topological polar surface area (TPSA) is 119 Å². The minimum atomic E-state index is -1.15. The van der Waals surface area contributed by atoms with E-state index in [9.17, 15) is 19.5 Å². The van der Waals surface area contributed by atoms with Gasteiger partial charge in [-0.1, -0.05) is 109 Å². The number of carbonyl (C=O) groups is 3. The third kappa shape index (κ3) is 6.04. The molecule has 0 bridgehead atoms. The van der Waals surface area contributed by atoms with Crippen LogP contribution in [0.1, 0.15) is 28.4 Å². The number of rotatable bonds is 10. The van der Waals surface area contributed by atoms with Gasteiger partial charge in [0.1, 0.15) is 11.3 Å². The molecule has 9 heteroatoms. The van der Waals surface area contributed by atoms with Crippen LogP contribution in [0.3, 0.4) is 0 Å². The number of aromatic hydroxyl groups is 1. The third-order valence-electron chi connectivity index (χ3n) is 8.12. The van der Waals surface area contributed by atoms with Gasteiger partial charge >= 0.3 is 5.97 Å². The van der Waals surface area contributed by atoms with Gasteiger partial charge in [-0.15, -0.1) is 0 Å². The molecule has 6 rings (SSSR count). The highest BCUT2D eigenvalue weighted by atomic mass is 32.2. The maximum Gasteiger partial charge on any atom is 0.334 e. The molecule has 0 radical (unpaired) electrons. The van der Waals surface area contributed by atoms with Gasteiger partial charge in [-0.3, -0.25) is 9.59 Å². The van der Waals surface area contributed by atoms with E-state index >= 15 is 0 Å². The van der Waals surface area contributed by atoms with Gasteiger partial charge in [0.2, 0.25) is 5.91 Å². The van der Waals surface area contributed by atoms with Crippen molar-refractivity contribution in [1.29, 1.82) is 0 Å². The molecule has 4 aromatic rings. The summed E-state index contributed by atoms with van der Waals surface area (Å²) in [5.74, 6) is -1.99. The largest absolute Gasteiger partial charge is 0.504 e. The Morgan fingerprint density at radius 1 is 0.889 bits per heavy atom. The van der Waals surface area contributed by atoms with Crippen LogP contribution in [-0.4, -0.2) is 46.2 Å². The number of amides is 1. The molecule has 1 amide bonds. The predicted molar refractivity (Wildman–Crippen MR) is 171 cm³/mol. The summed E-state index contributed by atoms with van der Waals surface area (Å²) in [5.41, 5.74) is 10.2. The zero-order valence-corrected chi connectivity index (χ0v) is 25.4. The highest BCUT2D eigenvalue weighted by Crippen LogP contribution is 2.48. The van der Waals surface area contributed by atoms with Crippen molar-refractivity contribution in [3.05, 3.63) is 142 Å². The summed E-state index contributed by atoms with van der Waals surface area (Å²) in [6, 6.07) is 31.7. The second-order valence-corrected chi connectivity index (χ2v) is 12.1. The number of Topliss-reactive ketones (excluding diaryl/α,β-unsaturated/α-hetero) is 1. The average molecular weight is 621 g/mol. The fourth-order valence-electron chi connectivity index (χ4n) is 5.85. The Morgan fingerprint density at radius 3 is 2.09 bits per heavy atom. The summed E-state index contributed by atoms with van der Waals surface area (Å²) in [6.45, 7) is 0. The number of ketones is 1. The lowest BCUT2D eigenvalue weighted by molar-refractivity contribution is -0.169. The van der Waals surface area contributed by atoms with Gasteiger partial charge in [0, 0.05) is 6.42 Å². The van der Waals surface area contributed by atoms with Gasteiger partial charge in [-0.05, 0) is 46.4 Å². The minimum Gasteiger partial charge on any atom is -0.504 e. The molecule has 1 saturated heterocycles. The molecule has 3 N–H and O–H groups in total. The zero-order chi connectivity index (χ0) is 31.5. The Morgan fingerprint density at radius 2 is 1.49 bits per heavy atom. The zero-order valence-electron chi connectivity index (χ0n) is 24.5. The molecule has 0 aliphatic carbocycles. The van der Waals surface area contributed by atoms with Crippen LogP contribution in [0, 0.1) is 5.92 Å². The molecule has 2 unspecified atom stereocenters. The lowest BCUT2D eigenvalue weighted by Gasteiger charge is -2.52. The normalized spacial score (nSPS) is 19.1. The number of fused-ring (bicyclic) bond motifs is 1. The Hall–Kier alpha value is -5.02. The first-order chi connectivity index (χ1) is 21.9. The van der Waals surface area contributed by atoms with Gasteiger partial charge < -0.3 is 25.2 Å². The van der Waals surface area contributed by atoms with Crippen LogP contribution in [0.4, 0.5) is 0 Å². The maximum absolute atomic E-state index is 14.3. The highest BCUT2D eigenvalue weighted by molar-refractivity contribution is 8.03. The van der Waals surface area contributed by atoms with Crippen LogP contribution in [0.5, 0.6) is 11.5 Å². The molecule has 3 atom stereocenters. The number of ether oxygens (including phenoxy) is 2. The number of phenols is 1. The summed E-state index contributed by atoms with van der Waals surface area (Å²) >= 11 is 1.21. The van der Waals surface area contributed by atoms with E-state index in [1.165, 1.54) is 29.8 Å². The van der Waals surface area contributed by atoms with Crippen molar-refractivity contribution < 1.29 is 29.0 Å². The average Bonchev–Trinajstić information content (AvgIpc) is 3.06. The smallest absolute Gasteiger partial charge is 0.334 e. The van der Waals surface area contributed by atoms with E-state index in [1.807, 2.05) is 91.0 Å². The number of carbonyl (C=O) groups excluding carboxylic acids is 3. The number of β-lactam (4-membered cyclic amide) rings is 1. The Kier molecular flexibility index (Phi) is 8.62. The van der Waals surface area contributed by atoms with E-state index in [1.54, 1.807) is 12.1 Å². The standard InChI is InChI=1S/C36H32N2O6S/c1-43-29-21-23(17-18-27(29)39)19-26-31(36(42)44-32(24-13-7-3-8-14-24)25-15-9-4-10-16-25)38-34(41)30(35(38)45-33(26)37)28(40)20-22-11-5-2-6-12-22/h2-18,21,30-32,35,39H,19-20,37H2,1H3/t30?,31?,35-/m1/s1. The minimum absolute atomic E-state index is 0.0245. The SMILES string of the molecule is COc1cc(CC2=C(N)S[C@@H]3C(C(=O)Cc4ccccc4)C(=O)N3C2C(=O)OC(c2ccccc2)c2ccccc2)ccc1O. The summed E-state index contributed by atoms with van der Waals surface area (Å²) in [6.07, 6.45) is -0.447. The summed E-state index contributed by atoms with van der Waals surface area (Å²) in [7, 11) is 1.45. The van der Waals surface area contributed by atoms with Gasteiger partial charge in [0.15, 0.2) is 29.4 Å². The van der Waals surface area contributed by atoms with Crippen LogP contribution in [0.15, 0.2) is 120 Å². The van der Waals surface area contributed by atoms with Crippen LogP contribution in [0.2, 0.25) is 0 Å². The van der Waals surface area contributed by atoms with Gasteiger partial charge in [0.05, 0.1) is 12.1 Å². The Labute approximate surface area is 265 Å². The number of nitrogens with two attached hydrogens (primary N) is 1. The summed E-state index contributed by atoms with van der Waals surface area (Å²) in [4.78, 5) is 42.9. The van der Waals surface area contributed by atoms with Crippen LogP contribution in [0.25, 0.3) is 0 Å². The number of methoxy groups -OCH3 is 1. The van der Waals surface area contributed by atoms with E-state index in [2.05, 4.69) is 0 Å². The highest BCUT2D eigenvalue weighted by Gasteiger charge is 2.59. The second-order valence-electron chi connectivity index (χ2n) is 11.0. The van der Waals surface area contributed by atoms with E-state index in [-0.39, 0.29) is 30.1 Å². The lowest BCUT2D eigenvalue weighted by Crippen LogP contribution is -2.69. The molecule has 2 aliphatic heterocycles. The van der Waals surface area contributed by atoms with Gasteiger partial charge in [0.25, 0.3) is 0 Å². The first-order valence-electron chi connectivity index (χ1n) is 14.6. The van der Waals surface area contributed by atoms with Crippen molar-refractivity contribution in [2.45, 2.75) is 30.4 Å². The van der Waals surface area contributed by atoms with Crippen LogP contribution >= 0.6 is 11.8 Å². The van der Waals surface area contributed by atoms with E-state index in [0.717, 1.165) is 16.7 Å². The summed E-state index contributed by atoms with van der Waals surface area (Å²) in [5, 5.41) is 9.84. The third-order valence-corrected chi connectivity index (χ3v) is 9.38. The predicted octanol–water partition coefficient (Wildman–Crippen LogP) is 5.16. The van der Waals surface area contributed by atoms with Gasteiger partial charge in [-0.2, -0.15) is 0 Å². The van der Waals surface area contributed by atoms with E-state index in [0.29, 0.717) is 16.2 Å². The van der Waals surface area contributed by atoms with Gasteiger partial charge in [-0.25, -0.2) is 4.79 Å². The molecule has 2 aliphatic rings. The van der Waals surface area contributed by atoms with Crippen molar-refractivity contribution in [2.24, 2.45) is 11.7 Å². The van der Waals surface area contributed by atoms with E-state index < -0.39 is 35.3 Å². The molecule has 4 aromatic carbocycles. The molecular weight excluding hydrogens is 588 g/mol. The van der Waals surface area contributed by atoms with Crippen molar-refractivity contribution in [3.8, 4) is 11.5 Å². The monoisotopic (exact) mass is 620 g/mol. The fraction of sp³-hybridized carbons (Fsp3) is 0.194. The number of hydrogen-bond donors (Lipinski definition) is 2. The summed E-state index contributed by atoms with van der Waals surface area (Å²) < 4.78 is 11.5. The fourth-order valence-corrected chi connectivity index (χ4v) is 7.19. The molecule has 0 aromatic heterocycles. The number of phenolic OH excluding ortho intramolecular Hbond substituents is 1. The first-order valence-corrected chi connectivity index (χ1v) is 15.4. The van der Waals surface area contributed by atoms with Crippen molar-refractivity contribution in [3.63, 3.8) is 0 Å². The number of nitrogens with zero attached hydrogens (tertiary/aromatic N) is 1. The Bertz CT molecular complexity index is 1710. The number of esters is 1. The maximum atomic E-state index is 14.3. The van der Waals surface area contributed by atoms with Crippen molar-refractivity contribution in [2.75, 3.05) is 7.11 Å². The molecule has 1 fully saturated rings. The quantitative estimate of drug-likeness (QED) is 0.142. The molecule has 45 heavy (non-hydrogen) atoms. The van der Waals surface area contributed by atoms with E-state index in [4.69, 9.17) is 15.2 Å². The second kappa shape index (κ2) is 12.9. The number of hydrogen-bond acceptors (Lipinski definition) is 8. The molecule has 0 saturated carbocycles. The number of benzene rings is 4. The van der Waals surface area contributed by atoms with Crippen LogP contribution < -0.4 is 10.5 Å². The molecule has 0 spiro atoms.